The zero-order chi connectivity index (χ0) is 13.4. The first-order valence-electron chi connectivity index (χ1n) is 6.34. The SMILES string of the molecule is CCN(CC)C(=O)CCCOc1ccccc1Br. The number of hydrogen-bond donors (Lipinski definition) is 0. The predicted octanol–water partition coefficient (Wildman–Crippen LogP) is 3.48. The second-order valence-electron chi connectivity index (χ2n) is 3.95. The first-order chi connectivity index (χ1) is 8.69. The Morgan fingerprint density at radius 2 is 1.94 bits per heavy atom. The number of para-hydroxylation sites is 1. The summed E-state index contributed by atoms with van der Waals surface area (Å²) in [5.41, 5.74) is 0. The Hall–Kier alpha value is -1.03. The topological polar surface area (TPSA) is 29.5 Å². The Morgan fingerprint density at radius 1 is 1.28 bits per heavy atom. The average molecular weight is 314 g/mol. The van der Waals surface area contributed by atoms with Gasteiger partial charge in [-0.05, 0) is 48.3 Å². The van der Waals surface area contributed by atoms with Gasteiger partial charge in [-0.1, -0.05) is 12.1 Å². The molecule has 0 spiro atoms. The van der Waals surface area contributed by atoms with Crippen molar-refractivity contribution in [3.8, 4) is 5.75 Å². The maximum atomic E-state index is 11.7. The zero-order valence-electron chi connectivity index (χ0n) is 11.0. The van der Waals surface area contributed by atoms with Crippen molar-refractivity contribution in [1.29, 1.82) is 0 Å². The average Bonchev–Trinajstić information content (AvgIpc) is 2.38. The number of nitrogens with zero attached hydrogens (tertiary/aromatic N) is 1. The lowest BCUT2D eigenvalue weighted by molar-refractivity contribution is -0.131. The number of hydrogen-bond acceptors (Lipinski definition) is 2. The van der Waals surface area contributed by atoms with Crippen molar-refractivity contribution in [1.82, 2.24) is 4.90 Å². The molecule has 18 heavy (non-hydrogen) atoms. The molecule has 1 aromatic carbocycles. The van der Waals surface area contributed by atoms with E-state index in [0.29, 0.717) is 13.0 Å². The van der Waals surface area contributed by atoms with Gasteiger partial charge in [0.15, 0.2) is 0 Å². The minimum atomic E-state index is 0.204. The standard InChI is InChI=1S/C14H20BrNO2/c1-3-16(4-2)14(17)10-7-11-18-13-9-6-5-8-12(13)15/h5-6,8-9H,3-4,7,10-11H2,1-2H3. The van der Waals surface area contributed by atoms with E-state index in [1.807, 2.05) is 43.0 Å². The summed E-state index contributed by atoms with van der Waals surface area (Å²) in [6.07, 6.45) is 1.29. The highest BCUT2D eigenvalue weighted by Crippen LogP contribution is 2.23. The van der Waals surface area contributed by atoms with Gasteiger partial charge >= 0.3 is 0 Å². The molecule has 0 saturated heterocycles. The molecule has 1 rings (SSSR count). The van der Waals surface area contributed by atoms with Gasteiger partial charge in [-0.2, -0.15) is 0 Å². The molecule has 3 nitrogen and oxygen atoms in total. The number of carbonyl (C=O) groups is 1. The highest BCUT2D eigenvalue weighted by Gasteiger charge is 2.08. The Bertz CT molecular complexity index is 378. The molecule has 100 valence electrons. The fraction of sp³-hybridized carbons (Fsp3) is 0.500. The van der Waals surface area contributed by atoms with E-state index in [1.165, 1.54) is 0 Å². The van der Waals surface area contributed by atoms with E-state index >= 15 is 0 Å². The molecule has 0 saturated carbocycles. The minimum Gasteiger partial charge on any atom is -0.492 e. The van der Waals surface area contributed by atoms with Crippen molar-refractivity contribution >= 4 is 21.8 Å². The van der Waals surface area contributed by atoms with Crippen LogP contribution in [0.5, 0.6) is 5.75 Å². The van der Waals surface area contributed by atoms with Crippen LogP contribution in [0.1, 0.15) is 26.7 Å². The number of ether oxygens (including phenoxy) is 1. The molecular formula is C14H20BrNO2. The number of rotatable bonds is 7. The summed E-state index contributed by atoms with van der Waals surface area (Å²) in [6.45, 7) is 6.12. The lowest BCUT2D eigenvalue weighted by Gasteiger charge is -2.18. The van der Waals surface area contributed by atoms with Gasteiger partial charge in [-0.25, -0.2) is 0 Å². The minimum absolute atomic E-state index is 0.204. The first kappa shape index (κ1) is 15.0. The molecule has 0 fully saturated rings. The normalized spacial score (nSPS) is 10.2. The summed E-state index contributed by atoms with van der Waals surface area (Å²) in [5.74, 6) is 1.03. The molecule has 0 radical (unpaired) electrons. The van der Waals surface area contributed by atoms with Crippen LogP contribution in [0, 0.1) is 0 Å². The maximum absolute atomic E-state index is 11.7. The fourth-order valence-corrected chi connectivity index (χ4v) is 2.10. The molecule has 0 aliphatic carbocycles. The Kier molecular flexibility index (Phi) is 6.80. The van der Waals surface area contributed by atoms with Crippen LogP contribution < -0.4 is 4.74 Å². The van der Waals surface area contributed by atoms with Gasteiger partial charge in [0.2, 0.25) is 5.91 Å². The number of carbonyl (C=O) groups excluding carboxylic acids is 1. The van der Waals surface area contributed by atoms with Gasteiger partial charge in [-0.3, -0.25) is 4.79 Å². The number of halogens is 1. The third-order valence-electron chi connectivity index (χ3n) is 2.75. The van der Waals surface area contributed by atoms with Gasteiger partial charge in [0.1, 0.15) is 5.75 Å². The molecule has 0 bridgehead atoms. The Labute approximate surface area is 117 Å². The van der Waals surface area contributed by atoms with Crippen molar-refractivity contribution in [3.63, 3.8) is 0 Å². The van der Waals surface area contributed by atoms with Crippen LogP contribution in [-0.4, -0.2) is 30.5 Å². The van der Waals surface area contributed by atoms with E-state index in [2.05, 4.69) is 15.9 Å². The van der Waals surface area contributed by atoms with Crippen LogP contribution in [-0.2, 0) is 4.79 Å². The van der Waals surface area contributed by atoms with Gasteiger partial charge < -0.3 is 9.64 Å². The molecule has 0 unspecified atom stereocenters. The van der Waals surface area contributed by atoms with Gasteiger partial charge in [-0.15, -0.1) is 0 Å². The van der Waals surface area contributed by atoms with E-state index in [1.54, 1.807) is 0 Å². The van der Waals surface area contributed by atoms with Gasteiger partial charge in [0.25, 0.3) is 0 Å². The van der Waals surface area contributed by atoms with E-state index in [0.717, 1.165) is 29.7 Å². The quantitative estimate of drug-likeness (QED) is 0.721. The van der Waals surface area contributed by atoms with E-state index < -0.39 is 0 Å². The summed E-state index contributed by atoms with van der Waals surface area (Å²) < 4.78 is 6.56. The molecule has 0 atom stereocenters. The lowest BCUT2D eigenvalue weighted by Crippen LogP contribution is -2.30. The lowest BCUT2D eigenvalue weighted by atomic mass is 10.3. The van der Waals surface area contributed by atoms with Crippen LogP contribution in [0.3, 0.4) is 0 Å². The Morgan fingerprint density at radius 3 is 2.56 bits per heavy atom. The van der Waals surface area contributed by atoms with Crippen LogP contribution in [0.4, 0.5) is 0 Å². The summed E-state index contributed by atoms with van der Waals surface area (Å²) in [6, 6.07) is 7.73. The van der Waals surface area contributed by atoms with Gasteiger partial charge in [0, 0.05) is 19.5 Å². The molecule has 0 aromatic heterocycles. The van der Waals surface area contributed by atoms with E-state index in [9.17, 15) is 4.79 Å². The molecule has 1 aromatic rings. The van der Waals surface area contributed by atoms with Crippen LogP contribution in [0.15, 0.2) is 28.7 Å². The molecule has 0 heterocycles. The molecule has 0 aliphatic heterocycles. The van der Waals surface area contributed by atoms with Crippen molar-refractivity contribution in [3.05, 3.63) is 28.7 Å². The molecular weight excluding hydrogens is 294 g/mol. The van der Waals surface area contributed by atoms with Crippen molar-refractivity contribution in [2.75, 3.05) is 19.7 Å². The van der Waals surface area contributed by atoms with Gasteiger partial charge in [0.05, 0.1) is 11.1 Å². The summed E-state index contributed by atoms with van der Waals surface area (Å²) in [4.78, 5) is 13.6. The van der Waals surface area contributed by atoms with Crippen LogP contribution in [0.25, 0.3) is 0 Å². The molecule has 4 heteroatoms. The molecule has 1 amide bonds. The first-order valence-corrected chi connectivity index (χ1v) is 7.13. The maximum Gasteiger partial charge on any atom is 0.222 e. The van der Waals surface area contributed by atoms with Crippen molar-refractivity contribution < 1.29 is 9.53 Å². The predicted molar refractivity (Wildman–Crippen MR) is 76.8 cm³/mol. The number of amides is 1. The number of benzene rings is 1. The smallest absolute Gasteiger partial charge is 0.222 e. The monoisotopic (exact) mass is 313 g/mol. The highest BCUT2D eigenvalue weighted by molar-refractivity contribution is 9.10. The third-order valence-corrected chi connectivity index (χ3v) is 3.40. The summed E-state index contributed by atoms with van der Waals surface area (Å²) in [5, 5.41) is 0. The fourth-order valence-electron chi connectivity index (χ4n) is 1.70. The highest BCUT2D eigenvalue weighted by atomic mass is 79.9. The largest absolute Gasteiger partial charge is 0.492 e. The van der Waals surface area contributed by atoms with Crippen molar-refractivity contribution in [2.45, 2.75) is 26.7 Å². The second kappa shape index (κ2) is 8.14. The van der Waals surface area contributed by atoms with Crippen LogP contribution in [0.2, 0.25) is 0 Å². The summed E-state index contributed by atoms with van der Waals surface area (Å²) in [7, 11) is 0. The van der Waals surface area contributed by atoms with E-state index in [4.69, 9.17) is 4.74 Å². The third kappa shape index (κ3) is 4.69. The van der Waals surface area contributed by atoms with Crippen molar-refractivity contribution in [2.24, 2.45) is 0 Å². The second-order valence-corrected chi connectivity index (χ2v) is 4.80. The van der Waals surface area contributed by atoms with Crippen LogP contribution >= 0.6 is 15.9 Å². The molecule has 0 aliphatic rings. The zero-order valence-corrected chi connectivity index (χ0v) is 12.6. The van der Waals surface area contributed by atoms with E-state index in [-0.39, 0.29) is 5.91 Å². The molecule has 0 N–H and O–H groups in total. The Balaban J connectivity index is 2.27. The summed E-state index contributed by atoms with van der Waals surface area (Å²) >= 11 is 3.42.